The molecule has 9 heteroatoms. The number of phosphoric ester groups is 1. The average molecular weight is 551 g/mol. The number of likely N-dealkylation sites (N-methyl/N-ethyl adjacent to an activating group) is 1. The Bertz CT molecular complexity index is 600. The number of carbonyl (C=O) groups is 1. The Morgan fingerprint density at radius 3 is 1.84 bits per heavy atom. The van der Waals surface area contributed by atoms with Crippen molar-refractivity contribution in [3.05, 3.63) is 0 Å². The van der Waals surface area contributed by atoms with E-state index in [4.69, 9.17) is 9.05 Å². The van der Waals surface area contributed by atoms with E-state index >= 15 is 0 Å². The number of aliphatic hydroxyl groups is 1. The number of hydrogen-bond donors (Lipinski definition) is 2. The van der Waals surface area contributed by atoms with E-state index in [9.17, 15) is 19.4 Å². The highest BCUT2D eigenvalue weighted by Gasteiger charge is 2.24. The van der Waals surface area contributed by atoms with Crippen LogP contribution >= 0.6 is 7.82 Å². The SMILES string of the molecule is CCCCCCCCCCCC(=O)NC(COP(=O)([O-])OCC[N+](C)(C)C)C(O)CCCCCCCC. The van der Waals surface area contributed by atoms with Gasteiger partial charge in [0.25, 0.3) is 7.82 Å². The molecule has 0 spiro atoms. The van der Waals surface area contributed by atoms with Crippen molar-refractivity contribution in [1.29, 1.82) is 0 Å². The molecule has 0 fully saturated rings. The molecular weight excluding hydrogens is 491 g/mol. The van der Waals surface area contributed by atoms with Gasteiger partial charge in [0.15, 0.2) is 0 Å². The van der Waals surface area contributed by atoms with Crippen molar-refractivity contribution < 1.29 is 32.9 Å². The highest BCUT2D eigenvalue weighted by atomic mass is 31.2. The van der Waals surface area contributed by atoms with Crippen molar-refractivity contribution in [3.8, 4) is 0 Å². The zero-order chi connectivity index (χ0) is 28.0. The molecule has 0 aliphatic heterocycles. The van der Waals surface area contributed by atoms with Gasteiger partial charge in [-0.1, -0.05) is 104 Å². The standard InChI is InChI=1S/C28H59N2O6P/c1-6-8-10-12-14-15-16-18-20-22-28(32)29-26(27(31)21-19-17-13-11-9-7-2)25-36-37(33,34)35-24-23-30(3,4)5/h26-27,31H,6-25H2,1-5H3,(H-,29,32,33,34). The highest BCUT2D eigenvalue weighted by Crippen LogP contribution is 2.38. The van der Waals surface area contributed by atoms with E-state index < -0.39 is 20.0 Å². The van der Waals surface area contributed by atoms with Gasteiger partial charge in [0.05, 0.1) is 39.9 Å². The van der Waals surface area contributed by atoms with Gasteiger partial charge in [0, 0.05) is 6.42 Å². The van der Waals surface area contributed by atoms with Gasteiger partial charge in [0.1, 0.15) is 13.2 Å². The molecule has 8 nitrogen and oxygen atoms in total. The average Bonchev–Trinajstić information content (AvgIpc) is 2.81. The van der Waals surface area contributed by atoms with Crippen LogP contribution in [0, 0.1) is 0 Å². The molecule has 0 radical (unpaired) electrons. The molecule has 0 rings (SSSR count). The maximum absolute atomic E-state index is 12.6. The smallest absolute Gasteiger partial charge is 0.268 e. The zero-order valence-electron chi connectivity index (χ0n) is 24.7. The first kappa shape index (κ1) is 36.5. The number of nitrogens with zero attached hydrogens (tertiary/aromatic N) is 1. The minimum atomic E-state index is -4.53. The van der Waals surface area contributed by atoms with Gasteiger partial charge in [-0.2, -0.15) is 0 Å². The van der Waals surface area contributed by atoms with Crippen molar-refractivity contribution in [1.82, 2.24) is 5.32 Å². The molecule has 0 aliphatic carbocycles. The van der Waals surface area contributed by atoms with E-state index in [1.807, 2.05) is 21.1 Å². The normalized spacial score (nSPS) is 15.3. The monoisotopic (exact) mass is 550 g/mol. The Hall–Kier alpha value is -0.500. The maximum Gasteiger partial charge on any atom is 0.268 e. The molecule has 0 saturated heterocycles. The summed E-state index contributed by atoms with van der Waals surface area (Å²) < 4.78 is 22.9. The molecule has 37 heavy (non-hydrogen) atoms. The number of quaternary nitrogens is 1. The second kappa shape index (κ2) is 22.3. The van der Waals surface area contributed by atoms with Gasteiger partial charge in [-0.3, -0.25) is 9.36 Å². The fourth-order valence-corrected chi connectivity index (χ4v) is 4.82. The highest BCUT2D eigenvalue weighted by molar-refractivity contribution is 7.45. The van der Waals surface area contributed by atoms with Gasteiger partial charge in [0.2, 0.25) is 5.91 Å². The lowest BCUT2D eigenvalue weighted by atomic mass is 10.0. The van der Waals surface area contributed by atoms with E-state index in [0.717, 1.165) is 38.5 Å². The lowest BCUT2D eigenvalue weighted by Gasteiger charge is -2.30. The predicted molar refractivity (Wildman–Crippen MR) is 150 cm³/mol. The molecule has 3 atom stereocenters. The third-order valence-electron chi connectivity index (χ3n) is 6.60. The van der Waals surface area contributed by atoms with Crippen molar-refractivity contribution >= 4 is 13.7 Å². The summed E-state index contributed by atoms with van der Waals surface area (Å²) in [6.07, 6.45) is 17.0. The van der Waals surface area contributed by atoms with Crippen molar-refractivity contribution in [2.24, 2.45) is 0 Å². The first-order chi connectivity index (χ1) is 17.5. The van der Waals surface area contributed by atoms with Crippen LogP contribution in [-0.2, 0) is 18.4 Å². The lowest BCUT2D eigenvalue weighted by molar-refractivity contribution is -0.870. The van der Waals surface area contributed by atoms with Crippen LogP contribution in [0.4, 0.5) is 0 Å². The van der Waals surface area contributed by atoms with E-state index in [0.29, 0.717) is 23.9 Å². The number of unbranched alkanes of at least 4 members (excludes halogenated alkanes) is 13. The van der Waals surface area contributed by atoms with Crippen LogP contribution in [-0.4, -0.2) is 68.5 Å². The van der Waals surface area contributed by atoms with Crippen LogP contribution in [0.3, 0.4) is 0 Å². The summed E-state index contributed by atoms with van der Waals surface area (Å²) in [5.41, 5.74) is 0. The first-order valence-electron chi connectivity index (χ1n) is 14.9. The fraction of sp³-hybridized carbons (Fsp3) is 0.964. The molecule has 0 aromatic rings. The second-order valence-corrected chi connectivity index (χ2v) is 12.9. The summed E-state index contributed by atoms with van der Waals surface area (Å²) in [6.45, 7) is 4.59. The summed E-state index contributed by atoms with van der Waals surface area (Å²) >= 11 is 0. The van der Waals surface area contributed by atoms with Crippen molar-refractivity contribution in [2.45, 2.75) is 135 Å². The number of phosphoric acid groups is 1. The van der Waals surface area contributed by atoms with Crippen LogP contribution in [0.2, 0.25) is 0 Å². The van der Waals surface area contributed by atoms with Gasteiger partial charge >= 0.3 is 0 Å². The van der Waals surface area contributed by atoms with Crippen molar-refractivity contribution in [3.63, 3.8) is 0 Å². The number of carbonyl (C=O) groups excluding carboxylic acids is 1. The number of hydrogen-bond acceptors (Lipinski definition) is 6. The second-order valence-electron chi connectivity index (χ2n) is 11.5. The molecule has 3 unspecified atom stereocenters. The number of amides is 1. The van der Waals surface area contributed by atoms with Crippen molar-refractivity contribution in [2.75, 3.05) is 40.9 Å². The van der Waals surface area contributed by atoms with E-state index in [2.05, 4.69) is 19.2 Å². The molecule has 0 aromatic heterocycles. The van der Waals surface area contributed by atoms with Gasteiger partial charge in [-0.05, 0) is 12.8 Å². The fourth-order valence-electron chi connectivity index (χ4n) is 4.09. The minimum absolute atomic E-state index is 0.0141. The van der Waals surface area contributed by atoms with Crippen LogP contribution in [0.1, 0.15) is 123 Å². The Morgan fingerprint density at radius 1 is 0.838 bits per heavy atom. The Kier molecular flexibility index (Phi) is 22.0. The largest absolute Gasteiger partial charge is 0.756 e. The van der Waals surface area contributed by atoms with Gasteiger partial charge in [-0.15, -0.1) is 0 Å². The van der Waals surface area contributed by atoms with E-state index in [1.54, 1.807) is 0 Å². The summed E-state index contributed by atoms with van der Waals surface area (Å²) in [5.74, 6) is -0.176. The van der Waals surface area contributed by atoms with Crippen LogP contribution in [0.15, 0.2) is 0 Å². The maximum atomic E-state index is 12.6. The van der Waals surface area contributed by atoms with Crippen LogP contribution in [0.25, 0.3) is 0 Å². The van der Waals surface area contributed by atoms with E-state index in [1.165, 1.54) is 57.8 Å². The predicted octanol–water partition coefficient (Wildman–Crippen LogP) is 5.71. The molecule has 222 valence electrons. The molecule has 0 saturated carbocycles. The minimum Gasteiger partial charge on any atom is -0.756 e. The van der Waals surface area contributed by atoms with Crippen LogP contribution in [0.5, 0.6) is 0 Å². The van der Waals surface area contributed by atoms with Gasteiger partial charge in [-0.25, -0.2) is 0 Å². The molecule has 0 aromatic carbocycles. The molecule has 1 amide bonds. The molecule has 0 aliphatic rings. The molecule has 2 N–H and O–H groups in total. The Morgan fingerprint density at radius 2 is 1.32 bits per heavy atom. The first-order valence-corrected chi connectivity index (χ1v) is 16.3. The lowest BCUT2D eigenvalue weighted by Crippen LogP contribution is -2.46. The summed E-state index contributed by atoms with van der Waals surface area (Å²) in [7, 11) is 1.30. The summed E-state index contributed by atoms with van der Waals surface area (Å²) in [5, 5.41) is 13.6. The quantitative estimate of drug-likeness (QED) is 0.0811. The molecule has 0 heterocycles. The topological polar surface area (TPSA) is 108 Å². The number of rotatable bonds is 26. The van der Waals surface area contributed by atoms with E-state index in [-0.39, 0.29) is 19.1 Å². The third-order valence-corrected chi connectivity index (χ3v) is 7.56. The summed E-state index contributed by atoms with van der Waals surface area (Å²) in [4.78, 5) is 24.8. The molecular formula is C28H59N2O6P. The number of nitrogens with one attached hydrogen (secondary N) is 1. The third kappa shape index (κ3) is 24.3. The number of aliphatic hydroxyl groups excluding tert-OH is 1. The molecule has 0 bridgehead atoms. The van der Waals surface area contributed by atoms with Gasteiger partial charge < -0.3 is 28.8 Å². The summed E-state index contributed by atoms with van der Waals surface area (Å²) in [6, 6.07) is -0.786. The van der Waals surface area contributed by atoms with Crippen LogP contribution < -0.4 is 10.2 Å². The zero-order valence-corrected chi connectivity index (χ0v) is 25.6. The Balaban J connectivity index is 4.57. The Labute approximate surface area is 228 Å².